The number of halogens is 1. The van der Waals surface area contributed by atoms with Crippen LogP contribution in [0.4, 0.5) is 11.4 Å². The van der Waals surface area contributed by atoms with E-state index in [0.717, 1.165) is 42.6 Å². The van der Waals surface area contributed by atoms with E-state index in [1.165, 1.54) is 11.9 Å². The van der Waals surface area contributed by atoms with E-state index in [4.69, 9.17) is 11.6 Å². The van der Waals surface area contributed by atoms with Crippen molar-refractivity contribution in [2.45, 2.75) is 6.92 Å². The summed E-state index contributed by atoms with van der Waals surface area (Å²) in [6.07, 6.45) is 1.39. The van der Waals surface area contributed by atoms with E-state index < -0.39 is 5.97 Å². The van der Waals surface area contributed by atoms with Crippen molar-refractivity contribution < 1.29 is 9.90 Å². The van der Waals surface area contributed by atoms with E-state index in [-0.39, 0.29) is 5.56 Å². The van der Waals surface area contributed by atoms with Crippen molar-refractivity contribution in [3.63, 3.8) is 0 Å². The van der Waals surface area contributed by atoms with Crippen molar-refractivity contribution in [2.24, 2.45) is 0 Å². The van der Waals surface area contributed by atoms with Crippen molar-refractivity contribution in [2.75, 3.05) is 36.0 Å². The normalized spacial score (nSPS) is 14.6. The first-order valence-electron chi connectivity index (χ1n) is 8.90. The number of anilines is 2. The molecule has 1 fully saturated rings. The molecule has 1 aliphatic heterocycles. The van der Waals surface area contributed by atoms with Gasteiger partial charge in [-0.3, -0.25) is 4.98 Å². The molecular weight excluding hydrogens is 362 g/mol. The minimum absolute atomic E-state index is 0.123. The predicted molar refractivity (Wildman–Crippen MR) is 107 cm³/mol. The molecule has 0 unspecified atom stereocenters. The molecule has 1 aliphatic rings. The van der Waals surface area contributed by atoms with Gasteiger partial charge < -0.3 is 19.7 Å². The Kier molecular flexibility index (Phi) is 4.62. The molecule has 0 radical (unpaired) electrons. The van der Waals surface area contributed by atoms with Crippen LogP contribution < -0.4 is 14.9 Å². The summed E-state index contributed by atoms with van der Waals surface area (Å²) in [5.41, 5.74) is 3.56. The Balaban J connectivity index is 1.72. The van der Waals surface area contributed by atoms with Crippen LogP contribution >= 0.6 is 11.6 Å². The van der Waals surface area contributed by atoms with Gasteiger partial charge in [-0.2, -0.15) is 0 Å². The lowest BCUT2D eigenvalue weighted by atomic mass is 10.0. The van der Waals surface area contributed by atoms with E-state index in [1.807, 2.05) is 31.2 Å². The second-order valence-corrected chi connectivity index (χ2v) is 7.09. The summed E-state index contributed by atoms with van der Waals surface area (Å²) in [6.45, 7) is 4.96. The molecule has 27 heavy (non-hydrogen) atoms. The highest BCUT2D eigenvalue weighted by Crippen LogP contribution is 2.34. The van der Waals surface area contributed by atoms with Gasteiger partial charge in [-0.05, 0) is 36.8 Å². The molecule has 0 saturated carbocycles. The number of aromatic nitrogens is 1. The van der Waals surface area contributed by atoms with Crippen molar-refractivity contribution in [3.05, 3.63) is 64.8 Å². The van der Waals surface area contributed by atoms with Gasteiger partial charge in [0.25, 0.3) is 0 Å². The first kappa shape index (κ1) is 17.6. The Hall–Kier alpha value is -2.79. The second kappa shape index (κ2) is 7.08. The number of rotatable bonds is 3. The maximum atomic E-state index is 11.7. The SMILES string of the molecule is Cc1c(Cl)ccc2c(N3CCN(c4ccccc4)CC3)c(C(=O)[O-])cnc12. The lowest BCUT2D eigenvalue weighted by Crippen LogP contribution is -2.47. The molecule has 2 heterocycles. The quantitative estimate of drug-likeness (QED) is 0.699. The summed E-state index contributed by atoms with van der Waals surface area (Å²) in [7, 11) is 0. The van der Waals surface area contributed by atoms with Crippen LogP contribution in [0.1, 0.15) is 15.9 Å². The molecule has 4 rings (SSSR count). The van der Waals surface area contributed by atoms with Gasteiger partial charge in [-0.15, -0.1) is 0 Å². The number of carbonyl (C=O) groups is 1. The Bertz CT molecular complexity index is 999. The van der Waals surface area contributed by atoms with E-state index in [2.05, 4.69) is 26.9 Å². The largest absolute Gasteiger partial charge is 0.545 e. The summed E-state index contributed by atoms with van der Waals surface area (Å²) < 4.78 is 0. The van der Waals surface area contributed by atoms with Crippen molar-refractivity contribution >= 4 is 39.8 Å². The lowest BCUT2D eigenvalue weighted by molar-refractivity contribution is -0.254. The number of carboxylic acids is 1. The van der Waals surface area contributed by atoms with Crippen LogP contribution in [0, 0.1) is 6.92 Å². The third kappa shape index (κ3) is 3.19. The van der Waals surface area contributed by atoms with Crippen LogP contribution in [0.3, 0.4) is 0 Å². The molecule has 0 bridgehead atoms. The van der Waals surface area contributed by atoms with Crippen LogP contribution in [0.2, 0.25) is 5.02 Å². The zero-order valence-corrected chi connectivity index (χ0v) is 15.7. The maximum absolute atomic E-state index is 11.7. The first-order valence-corrected chi connectivity index (χ1v) is 9.28. The van der Waals surface area contributed by atoms with Gasteiger partial charge in [0.05, 0.1) is 17.2 Å². The number of nitrogens with zero attached hydrogens (tertiary/aromatic N) is 3. The summed E-state index contributed by atoms with van der Waals surface area (Å²) in [5, 5.41) is 13.2. The van der Waals surface area contributed by atoms with Gasteiger partial charge in [0, 0.05) is 54.0 Å². The highest BCUT2D eigenvalue weighted by Gasteiger charge is 2.23. The van der Waals surface area contributed by atoms with Gasteiger partial charge in [0.15, 0.2) is 0 Å². The number of hydrogen-bond donors (Lipinski definition) is 0. The first-order chi connectivity index (χ1) is 13.1. The Morgan fingerprint density at radius 3 is 2.37 bits per heavy atom. The van der Waals surface area contributed by atoms with Crippen LogP contribution in [-0.4, -0.2) is 37.1 Å². The van der Waals surface area contributed by atoms with Crippen LogP contribution in [-0.2, 0) is 0 Å². The van der Waals surface area contributed by atoms with Gasteiger partial charge >= 0.3 is 0 Å². The van der Waals surface area contributed by atoms with Gasteiger partial charge in [0.1, 0.15) is 0 Å². The molecule has 2 aromatic carbocycles. The molecular formula is C21H19ClN3O2-. The number of aromatic carboxylic acids is 1. The van der Waals surface area contributed by atoms with Crippen LogP contribution in [0.25, 0.3) is 10.9 Å². The zero-order chi connectivity index (χ0) is 19.0. The molecule has 0 atom stereocenters. The molecule has 1 aromatic heterocycles. The minimum Gasteiger partial charge on any atom is -0.545 e. The topological polar surface area (TPSA) is 59.5 Å². The Morgan fingerprint density at radius 1 is 1.04 bits per heavy atom. The monoisotopic (exact) mass is 380 g/mol. The number of hydrogen-bond acceptors (Lipinski definition) is 5. The highest BCUT2D eigenvalue weighted by atomic mass is 35.5. The van der Waals surface area contributed by atoms with E-state index in [9.17, 15) is 9.90 Å². The van der Waals surface area contributed by atoms with E-state index in [0.29, 0.717) is 10.7 Å². The number of pyridine rings is 1. The second-order valence-electron chi connectivity index (χ2n) is 6.69. The molecule has 3 aromatic rings. The average molecular weight is 381 g/mol. The lowest BCUT2D eigenvalue weighted by Gasteiger charge is -2.38. The number of carboxylic acid groups (broad SMARTS) is 1. The molecule has 0 spiro atoms. The Labute approximate surface area is 162 Å². The highest BCUT2D eigenvalue weighted by molar-refractivity contribution is 6.32. The molecule has 6 heteroatoms. The molecule has 138 valence electrons. The van der Waals surface area contributed by atoms with Crippen LogP contribution in [0.15, 0.2) is 48.7 Å². The van der Waals surface area contributed by atoms with Crippen LogP contribution in [0.5, 0.6) is 0 Å². The number of aryl methyl sites for hydroxylation is 1. The average Bonchev–Trinajstić information content (AvgIpc) is 2.70. The number of fused-ring (bicyclic) bond motifs is 1. The fraction of sp³-hybridized carbons (Fsp3) is 0.238. The molecule has 0 amide bonds. The number of piperazine rings is 1. The van der Waals surface area contributed by atoms with E-state index >= 15 is 0 Å². The fourth-order valence-corrected chi connectivity index (χ4v) is 3.84. The molecule has 0 aliphatic carbocycles. The number of benzene rings is 2. The molecule has 1 saturated heterocycles. The van der Waals surface area contributed by atoms with E-state index in [1.54, 1.807) is 6.07 Å². The number of carbonyl (C=O) groups excluding carboxylic acids is 1. The van der Waals surface area contributed by atoms with Gasteiger partial charge in [-0.1, -0.05) is 29.8 Å². The number of para-hydroxylation sites is 1. The molecule has 0 N–H and O–H groups in total. The summed E-state index contributed by atoms with van der Waals surface area (Å²) in [6, 6.07) is 13.9. The zero-order valence-electron chi connectivity index (χ0n) is 15.0. The Morgan fingerprint density at radius 2 is 1.70 bits per heavy atom. The smallest absolute Gasteiger partial charge is 0.0767 e. The minimum atomic E-state index is -1.21. The predicted octanol–water partition coefficient (Wildman–Crippen LogP) is 2.89. The van der Waals surface area contributed by atoms with Crippen molar-refractivity contribution in [3.8, 4) is 0 Å². The summed E-state index contributed by atoms with van der Waals surface area (Å²) in [5.74, 6) is -1.21. The maximum Gasteiger partial charge on any atom is 0.0767 e. The van der Waals surface area contributed by atoms with Gasteiger partial charge in [-0.25, -0.2) is 0 Å². The third-order valence-corrected chi connectivity index (χ3v) is 5.54. The summed E-state index contributed by atoms with van der Waals surface area (Å²) in [4.78, 5) is 20.5. The summed E-state index contributed by atoms with van der Waals surface area (Å²) >= 11 is 6.23. The van der Waals surface area contributed by atoms with Crippen molar-refractivity contribution in [1.82, 2.24) is 4.98 Å². The molecule has 5 nitrogen and oxygen atoms in total. The standard InChI is InChI=1S/C21H20ClN3O2/c1-14-18(22)8-7-16-19(14)23-13-17(21(26)27)20(16)25-11-9-24(10-12-25)15-5-3-2-4-6-15/h2-8,13H,9-12H2,1H3,(H,26,27)/p-1. The fourth-order valence-electron chi connectivity index (χ4n) is 3.69. The third-order valence-electron chi connectivity index (χ3n) is 5.14. The van der Waals surface area contributed by atoms with Crippen molar-refractivity contribution in [1.29, 1.82) is 0 Å². The van der Waals surface area contributed by atoms with Gasteiger partial charge in [0.2, 0.25) is 0 Å².